The zero-order valence-corrected chi connectivity index (χ0v) is 10.4. The van der Waals surface area contributed by atoms with E-state index in [9.17, 15) is 4.79 Å². The van der Waals surface area contributed by atoms with Crippen LogP contribution in [-0.2, 0) is 4.79 Å². The predicted octanol–water partition coefficient (Wildman–Crippen LogP) is 2.90. The maximum absolute atomic E-state index is 9.44. The highest BCUT2D eigenvalue weighted by Crippen LogP contribution is 2.02. The Kier molecular flexibility index (Phi) is 11.9. The van der Waals surface area contributed by atoms with Crippen molar-refractivity contribution in [3.8, 4) is 0 Å². The lowest BCUT2D eigenvalue weighted by molar-refractivity contribution is -0.114. The fourth-order valence-corrected chi connectivity index (χ4v) is 0.663. The minimum atomic E-state index is 0.167. The average Bonchev–Trinajstić information content (AvgIpc) is 2.10. The quantitative estimate of drug-likeness (QED) is 0.715. The lowest BCUT2D eigenvalue weighted by Gasteiger charge is -1.93. The largest absolute Gasteiger partial charge is 0.397 e. The highest BCUT2D eigenvalue weighted by molar-refractivity contribution is 5.72. The normalized spacial score (nSPS) is 7.87. The summed E-state index contributed by atoms with van der Waals surface area (Å²) in [5.41, 5.74) is 2.74. The van der Waals surface area contributed by atoms with Gasteiger partial charge in [-0.05, 0) is 45.7 Å². The standard InChI is InChI=1S/C8H10.C3H6O.C2H6O/c1-7-5-3-4-6-8(7)2;1-3(2)4;1-2-3/h3-6H,1-2H3;1-2H3;3H,2H2,1H3. The molecule has 0 saturated heterocycles. The topological polar surface area (TPSA) is 37.3 Å². The number of aryl methyl sites for hydroxylation is 2. The van der Waals surface area contributed by atoms with Crippen LogP contribution in [0.15, 0.2) is 24.3 Å². The average molecular weight is 210 g/mol. The molecule has 2 heteroatoms. The minimum absolute atomic E-state index is 0.167. The van der Waals surface area contributed by atoms with E-state index in [-0.39, 0.29) is 12.4 Å². The zero-order valence-electron chi connectivity index (χ0n) is 10.4. The molecule has 0 spiro atoms. The van der Waals surface area contributed by atoms with Gasteiger partial charge in [0.25, 0.3) is 0 Å². The molecule has 86 valence electrons. The Bertz CT molecular complexity index is 242. The van der Waals surface area contributed by atoms with Gasteiger partial charge in [0.1, 0.15) is 5.78 Å². The Balaban J connectivity index is 0. The summed E-state index contributed by atoms with van der Waals surface area (Å²) < 4.78 is 0. The van der Waals surface area contributed by atoms with Gasteiger partial charge in [0.15, 0.2) is 0 Å². The van der Waals surface area contributed by atoms with Crippen LogP contribution < -0.4 is 0 Å². The van der Waals surface area contributed by atoms with Crippen LogP contribution in [-0.4, -0.2) is 17.5 Å². The fourth-order valence-electron chi connectivity index (χ4n) is 0.663. The summed E-state index contributed by atoms with van der Waals surface area (Å²) in [5, 5.41) is 7.57. The van der Waals surface area contributed by atoms with E-state index in [0.29, 0.717) is 0 Å². The van der Waals surface area contributed by atoms with Crippen LogP contribution in [0.5, 0.6) is 0 Å². The second-order valence-corrected chi connectivity index (χ2v) is 3.31. The molecule has 0 aliphatic heterocycles. The van der Waals surface area contributed by atoms with Gasteiger partial charge < -0.3 is 9.90 Å². The molecule has 0 heterocycles. The summed E-state index contributed by atoms with van der Waals surface area (Å²) in [7, 11) is 0. The molecule has 1 N–H and O–H groups in total. The molecule has 0 aromatic heterocycles. The zero-order chi connectivity index (χ0) is 12.3. The number of Topliss-reactive ketones (excluding diaryl/α,β-unsaturated/α-hetero) is 1. The number of hydrogen-bond acceptors (Lipinski definition) is 2. The molecular weight excluding hydrogens is 188 g/mol. The molecule has 0 aliphatic rings. The van der Waals surface area contributed by atoms with Crippen LogP contribution in [0.25, 0.3) is 0 Å². The highest BCUT2D eigenvalue weighted by atomic mass is 16.2. The molecule has 0 radical (unpaired) electrons. The van der Waals surface area contributed by atoms with Gasteiger partial charge in [-0.1, -0.05) is 24.3 Å². The van der Waals surface area contributed by atoms with Crippen molar-refractivity contribution in [1.29, 1.82) is 0 Å². The van der Waals surface area contributed by atoms with Crippen molar-refractivity contribution >= 4 is 5.78 Å². The monoisotopic (exact) mass is 210 g/mol. The SMILES string of the molecule is CC(C)=O.CCO.Cc1ccccc1C. The summed E-state index contributed by atoms with van der Waals surface area (Å²) >= 11 is 0. The maximum atomic E-state index is 9.44. The fraction of sp³-hybridized carbons (Fsp3) is 0.462. The molecule has 0 aliphatic carbocycles. The molecule has 1 aromatic rings. The number of hydrogen-bond donors (Lipinski definition) is 1. The van der Waals surface area contributed by atoms with Crippen molar-refractivity contribution in [1.82, 2.24) is 0 Å². The smallest absolute Gasteiger partial charge is 0.126 e. The summed E-state index contributed by atoms with van der Waals surface area (Å²) in [4.78, 5) is 9.44. The predicted molar refractivity (Wildman–Crippen MR) is 65.0 cm³/mol. The number of aliphatic hydroxyl groups is 1. The van der Waals surface area contributed by atoms with E-state index in [0.717, 1.165) is 0 Å². The van der Waals surface area contributed by atoms with Crippen molar-refractivity contribution < 1.29 is 9.90 Å². The first kappa shape index (κ1) is 16.3. The van der Waals surface area contributed by atoms with Crippen molar-refractivity contribution in [2.45, 2.75) is 34.6 Å². The highest BCUT2D eigenvalue weighted by Gasteiger charge is 1.83. The van der Waals surface area contributed by atoms with Crippen LogP contribution in [0.2, 0.25) is 0 Å². The maximum Gasteiger partial charge on any atom is 0.126 e. The second kappa shape index (κ2) is 10.9. The third-order valence-electron chi connectivity index (χ3n) is 1.43. The first-order chi connectivity index (χ1) is 6.95. The van der Waals surface area contributed by atoms with Crippen LogP contribution in [0.1, 0.15) is 31.9 Å². The number of benzene rings is 1. The van der Waals surface area contributed by atoms with E-state index in [1.165, 1.54) is 25.0 Å². The number of rotatable bonds is 0. The number of aliphatic hydroxyl groups excluding tert-OH is 1. The molecule has 0 saturated carbocycles. The molecule has 2 nitrogen and oxygen atoms in total. The summed E-state index contributed by atoms with van der Waals surface area (Å²) in [6, 6.07) is 8.36. The number of ketones is 1. The van der Waals surface area contributed by atoms with Crippen LogP contribution in [0, 0.1) is 13.8 Å². The van der Waals surface area contributed by atoms with E-state index in [1.54, 1.807) is 6.92 Å². The molecule has 1 rings (SSSR count). The van der Waals surface area contributed by atoms with Crippen molar-refractivity contribution in [3.05, 3.63) is 35.4 Å². The number of carbonyl (C=O) groups is 1. The van der Waals surface area contributed by atoms with E-state index < -0.39 is 0 Å². The van der Waals surface area contributed by atoms with Crippen molar-refractivity contribution in [2.75, 3.05) is 6.61 Å². The van der Waals surface area contributed by atoms with Gasteiger partial charge in [0.2, 0.25) is 0 Å². The van der Waals surface area contributed by atoms with Crippen LogP contribution >= 0.6 is 0 Å². The van der Waals surface area contributed by atoms with E-state index >= 15 is 0 Å². The Morgan fingerprint density at radius 1 is 1.13 bits per heavy atom. The van der Waals surface area contributed by atoms with E-state index in [4.69, 9.17) is 5.11 Å². The summed E-state index contributed by atoms with van der Waals surface area (Å²) in [6.07, 6.45) is 0. The molecule has 1 aromatic carbocycles. The Hall–Kier alpha value is -1.15. The molecule has 0 amide bonds. The molecular formula is C13H22O2. The van der Waals surface area contributed by atoms with Gasteiger partial charge in [0, 0.05) is 6.61 Å². The van der Waals surface area contributed by atoms with Crippen LogP contribution in [0.3, 0.4) is 0 Å². The Morgan fingerprint density at radius 3 is 1.47 bits per heavy atom. The van der Waals surface area contributed by atoms with Gasteiger partial charge in [-0.2, -0.15) is 0 Å². The first-order valence-electron chi connectivity index (χ1n) is 5.05. The van der Waals surface area contributed by atoms with Gasteiger partial charge in [-0.25, -0.2) is 0 Å². The Morgan fingerprint density at radius 2 is 1.33 bits per heavy atom. The van der Waals surface area contributed by atoms with Crippen molar-refractivity contribution in [3.63, 3.8) is 0 Å². The third-order valence-corrected chi connectivity index (χ3v) is 1.43. The Labute approximate surface area is 93.0 Å². The summed E-state index contributed by atoms with van der Waals surface area (Å²) in [5.74, 6) is 0.167. The lowest BCUT2D eigenvalue weighted by atomic mass is 10.1. The first-order valence-corrected chi connectivity index (χ1v) is 5.05. The third kappa shape index (κ3) is 15.6. The van der Waals surface area contributed by atoms with E-state index in [1.807, 2.05) is 0 Å². The lowest BCUT2D eigenvalue weighted by Crippen LogP contribution is -1.74. The molecule has 0 bridgehead atoms. The molecule has 0 unspecified atom stereocenters. The van der Waals surface area contributed by atoms with Gasteiger partial charge in [0.05, 0.1) is 0 Å². The van der Waals surface area contributed by atoms with Crippen LogP contribution in [0.4, 0.5) is 0 Å². The molecule has 0 fully saturated rings. The van der Waals surface area contributed by atoms with Crippen molar-refractivity contribution in [2.24, 2.45) is 0 Å². The summed E-state index contributed by atoms with van der Waals surface area (Å²) in [6.45, 7) is 9.23. The second-order valence-electron chi connectivity index (χ2n) is 3.31. The molecule has 0 atom stereocenters. The minimum Gasteiger partial charge on any atom is -0.397 e. The van der Waals surface area contributed by atoms with Gasteiger partial charge in [-0.3, -0.25) is 0 Å². The molecule has 15 heavy (non-hydrogen) atoms. The van der Waals surface area contributed by atoms with E-state index in [2.05, 4.69) is 38.1 Å². The van der Waals surface area contributed by atoms with Gasteiger partial charge >= 0.3 is 0 Å². The van der Waals surface area contributed by atoms with Gasteiger partial charge in [-0.15, -0.1) is 0 Å². The number of carbonyl (C=O) groups excluding carboxylic acids is 1.